The molecule has 1 aromatic heterocycles. The molecule has 1 saturated carbocycles. The van der Waals surface area contributed by atoms with Gasteiger partial charge in [0.15, 0.2) is 5.96 Å². The molecule has 0 atom stereocenters. The quantitative estimate of drug-likeness (QED) is 0.469. The van der Waals surface area contributed by atoms with Crippen molar-refractivity contribution in [1.29, 1.82) is 0 Å². The van der Waals surface area contributed by atoms with Crippen LogP contribution in [0.4, 0.5) is 0 Å². The van der Waals surface area contributed by atoms with Crippen LogP contribution in [-0.4, -0.2) is 35.9 Å². The Bertz CT molecular complexity index is 453. The van der Waals surface area contributed by atoms with Gasteiger partial charge in [0.25, 0.3) is 0 Å². The lowest BCUT2D eigenvalue weighted by Gasteiger charge is -2.11. The van der Waals surface area contributed by atoms with Gasteiger partial charge in [-0.25, -0.2) is 4.68 Å². The number of hydrogen-bond donors (Lipinski definition) is 2. The van der Waals surface area contributed by atoms with Gasteiger partial charge < -0.3 is 15.4 Å². The van der Waals surface area contributed by atoms with Gasteiger partial charge in [-0.1, -0.05) is 0 Å². The summed E-state index contributed by atoms with van der Waals surface area (Å²) in [5.41, 5.74) is 2.04. The maximum Gasteiger partial charge on any atom is 0.216 e. The van der Waals surface area contributed by atoms with E-state index in [-0.39, 0.29) is 24.0 Å². The first-order valence-electron chi connectivity index (χ1n) is 6.19. The number of aromatic nitrogens is 2. The van der Waals surface area contributed by atoms with Gasteiger partial charge in [0, 0.05) is 20.1 Å². The summed E-state index contributed by atoms with van der Waals surface area (Å²) in [5, 5.41) is 11.0. The molecule has 0 amide bonds. The number of halogens is 1. The summed E-state index contributed by atoms with van der Waals surface area (Å²) < 4.78 is 7.11. The zero-order valence-corrected chi connectivity index (χ0v) is 14.2. The van der Waals surface area contributed by atoms with Crippen molar-refractivity contribution in [3.63, 3.8) is 0 Å². The molecule has 0 bridgehead atoms. The molecule has 2 N–H and O–H groups in total. The summed E-state index contributed by atoms with van der Waals surface area (Å²) in [6.45, 7) is 2.64. The molecular formula is C12H22IN5O. The number of nitrogens with one attached hydrogen (secondary N) is 2. The smallest absolute Gasteiger partial charge is 0.216 e. The fourth-order valence-corrected chi connectivity index (χ4v) is 1.93. The summed E-state index contributed by atoms with van der Waals surface area (Å²) in [5.74, 6) is 1.63. The van der Waals surface area contributed by atoms with Gasteiger partial charge in [0.1, 0.15) is 0 Å². The number of hydrogen-bond acceptors (Lipinski definition) is 3. The first-order valence-corrected chi connectivity index (χ1v) is 6.19. The standard InChI is InChI=1S/C12H21N5O.HI/c1-8-10(11(18-4)17(3)16-8)7-14-12(13-2)15-9-5-6-9;/h9H,5-7H2,1-4H3,(H2,13,14,15);1H. The van der Waals surface area contributed by atoms with Gasteiger partial charge in [0.05, 0.1) is 24.9 Å². The number of methoxy groups -OCH3 is 1. The SMILES string of the molecule is CN=C(NCc1c(C)nn(C)c1OC)NC1CC1.I. The van der Waals surface area contributed by atoms with Crippen molar-refractivity contribution in [2.75, 3.05) is 14.2 Å². The van der Waals surface area contributed by atoms with E-state index in [1.807, 2.05) is 14.0 Å². The maximum absolute atomic E-state index is 5.36. The summed E-state index contributed by atoms with van der Waals surface area (Å²) in [7, 11) is 5.33. The highest BCUT2D eigenvalue weighted by molar-refractivity contribution is 14.0. The molecule has 0 aliphatic heterocycles. The number of nitrogens with zero attached hydrogens (tertiary/aromatic N) is 3. The summed E-state index contributed by atoms with van der Waals surface area (Å²) in [6, 6.07) is 0.591. The van der Waals surface area contributed by atoms with Crippen molar-refractivity contribution in [3.8, 4) is 5.88 Å². The minimum Gasteiger partial charge on any atom is -0.481 e. The minimum atomic E-state index is 0. The van der Waals surface area contributed by atoms with E-state index in [1.165, 1.54) is 12.8 Å². The van der Waals surface area contributed by atoms with Crippen LogP contribution in [0.1, 0.15) is 24.1 Å². The zero-order valence-electron chi connectivity index (χ0n) is 11.9. The Morgan fingerprint density at radius 1 is 1.53 bits per heavy atom. The topological polar surface area (TPSA) is 63.5 Å². The number of aliphatic imine (C=N–C) groups is 1. The first-order chi connectivity index (χ1) is 8.65. The molecule has 1 aliphatic rings. The van der Waals surface area contributed by atoms with Gasteiger partial charge in [-0.3, -0.25) is 4.99 Å². The molecule has 0 saturated heterocycles. The molecule has 6 nitrogen and oxygen atoms in total. The Balaban J connectivity index is 0.00000180. The van der Waals surface area contributed by atoms with Gasteiger partial charge in [-0.05, 0) is 19.8 Å². The van der Waals surface area contributed by atoms with Crippen LogP contribution in [0.15, 0.2) is 4.99 Å². The van der Waals surface area contributed by atoms with Crippen molar-refractivity contribution in [2.24, 2.45) is 12.0 Å². The van der Waals surface area contributed by atoms with Gasteiger partial charge >= 0.3 is 0 Å². The number of rotatable bonds is 4. The molecule has 0 unspecified atom stereocenters. The van der Waals surface area contributed by atoms with Crippen LogP contribution in [0.3, 0.4) is 0 Å². The highest BCUT2D eigenvalue weighted by Crippen LogP contribution is 2.21. The van der Waals surface area contributed by atoms with E-state index in [0.29, 0.717) is 12.6 Å². The molecule has 0 radical (unpaired) electrons. The van der Waals surface area contributed by atoms with E-state index < -0.39 is 0 Å². The molecule has 0 spiro atoms. The summed E-state index contributed by atoms with van der Waals surface area (Å²) in [6.07, 6.45) is 2.46. The average Bonchev–Trinajstić information content (AvgIpc) is 3.11. The van der Waals surface area contributed by atoms with E-state index in [1.54, 1.807) is 18.8 Å². The summed E-state index contributed by atoms with van der Waals surface area (Å²) in [4.78, 5) is 4.20. The Hall–Kier alpha value is -0.990. The Labute approximate surface area is 131 Å². The monoisotopic (exact) mass is 379 g/mol. The highest BCUT2D eigenvalue weighted by atomic mass is 127. The molecule has 2 rings (SSSR count). The lowest BCUT2D eigenvalue weighted by molar-refractivity contribution is 0.369. The van der Waals surface area contributed by atoms with Gasteiger partial charge in [-0.2, -0.15) is 5.10 Å². The van der Waals surface area contributed by atoms with Crippen LogP contribution in [0.5, 0.6) is 5.88 Å². The van der Waals surface area contributed by atoms with E-state index >= 15 is 0 Å². The highest BCUT2D eigenvalue weighted by Gasteiger charge is 2.22. The zero-order chi connectivity index (χ0) is 13.1. The fourth-order valence-electron chi connectivity index (χ4n) is 1.93. The van der Waals surface area contributed by atoms with Gasteiger partial charge in [-0.15, -0.1) is 24.0 Å². The number of ether oxygens (including phenoxy) is 1. The lowest BCUT2D eigenvalue weighted by Crippen LogP contribution is -2.38. The van der Waals surface area contributed by atoms with Crippen molar-refractivity contribution < 1.29 is 4.74 Å². The summed E-state index contributed by atoms with van der Waals surface area (Å²) >= 11 is 0. The predicted molar refractivity (Wildman–Crippen MR) is 86.3 cm³/mol. The largest absolute Gasteiger partial charge is 0.481 e. The molecule has 19 heavy (non-hydrogen) atoms. The Morgan fingerprint density at radius 2 is 2.21 bits per heavy atom. The molecule has 1 heterocycles. The van der Waals surface area contributed by atoms with Crippen molar-refractivity contribution in [2.45, 2.75) is 32.4 Å². The second-order valence-electron chi connectivity index (χ2n) is 4.54. The Morgan fingerprint density at radius 3 is 2.74 bits per heavy atom. The predicted octanol–water partition coefficient (Wildman–Crippen LogP) is 1.18. The average molecular weight is 379 g/mol. The van der Waals surface area contributed by atoms with Crippen LogP contribution >= 0.6 is 24.0 Å². The molecule has 1 aliphatic carbocycles. The van der Waals surface area contributed by atoms with E-state index in [4.69, 9.17) is 4.74 Å². The molecule has 7 heteroatoms. The third-order valence-electron chi connectivity index (χ3n) is 3.06. The van der Waals surface area contributed by atoms with Crippen LogP contribution in [0, 0.1) is 6.92 Å². The van der Waals surface area contributed by atoms with E-state index in [2.05, 4.69) is 20.7 Å². The Kier molecular flexibility index (Phi) is 5.89. The van der Waals surface area contributed by atoms with Gasteiger partial charge in [0.2, 0.25) is 5.88 Å². The molecular weight excluding hydrogens is 357 g/mol. The van der Waals surface area contributed by atoms with Crippen LogP contribution in [-0.2, 0) is 13.6 Å². The molecule has 0 aromatic carbocycles. The van der Waals surface area contributed by atoms with Crippen LogP contribution in [0.25, 0.3) is 0 Å². The fraction of sp³-hybridized carbons (Fsp3) is 0.667. The third kappa shape index (κ3) is 3.99. The van der Waals surface area contributed by atoms with Crippen molar-refractivity contribution in [1.82, 2.24) is 20.4 Å². The second kappa shape index (κ2) is 6.97. The normalized spacial score (nSPS) is 14.8. The molecule has 1 fully saturated rings. The lowest BCUT2D eigenvalue weighted by atomic mass is 10.2. The van der Waals surface area contributed by atoms with Crippen molar-refractivity contribution >= 4 is 29.9 Å². The third-order valence-corrected chi connectivity index (χ3v) is 3.06. The maximum atomic E-state index is 5.36. The van der Waals surface area contributed by atoms with E-state index in [0.717, 1.165) is 23.1 Å². The number of guanidine groups is 1. The molecule has 108 valence electrons. The van der Waals surface area contributed by atoms with Crippen LogP contribution in [0.2, 0.25) is 0 Å². The van der Waals surface area contributed by atoms with E-state index in [9.17, 15) is 0 Å². The number of aryl methyl sites for hydroxylation is 2. The second-order valence-corrected chi connectivity index (χ2v) is 4.54. The molecule has 1 aromatic rings. The minimum absolute atomic E-state index is 0. The first kappa shape index (κ1) is 16.1. The van der Waals surface area contributed by atoms with Crippen LogP contribution < -0.4 is 15.4 Å². The van der Waals surface area contributed by atoms with Crippen molar-refractivity contribution in [3.05, 3.63) is 11.3 Å².